The quantitative estimate of drug-likeness (QED) is 0.485. The SMILES string of the molecule is O[C@@H](COc1cccc2cccnc12)Cn1c2ccccc2c2ccccc21. The van der Waals surface area contributed by atoms with Gasteiger partial charge in [0.2, 0.25) is 0 Å². The second-order valence-corrected chi connectivity index (χ2v) is 6.94. The zero-order chi connectivity index (χ0) is 18.9. The number of pyridine rings is 1. The third-order valence-corrected chi connectivity index (χ3v) is 5.10. The molecule has 0 aliphatic rings. The molecule has 5 rings (SSSR count). The molecule has 5 aromatic rings. The first kappa shape index (κ1) is 16.8. The molecule has 3 aromatic carbocycles. The molecule has 0 saturated heterocycles. The predicted molar refractivity (Wildman–Crippen MR) is 113 cm³/mol. The molecule has 1 atom stereocenters. The Morgan fingerprint density at radius 1 is 0.821 bits per heavy atom. The molecular weight excluding hydrogens is 348 g/mol. The summed E-state index contributed by atoms with van der Waals surface area (Å²) in [5.74, 6) is 0.694. The standard InChI is InChI=1S/C24H20N2O2/c27-18(16-28-23-13-5-7-17-8-6-14-25-24(17)23)15-26-21-11-3-1-9-19(21)20-10-2-4-12-22(20)26/h1-14,18,27H,15-16H2/t18-/m1/s1. The summed E-state index contributed by atoms with van der Waals surface area (Å²) in [7, 11) is 0. The first-order chi connectivity index (χ1) is 13.8. The van der Waals surface area contributed by atoms with Crippen LogP contribution >= 0.6 is 0 Å². The van der Waals surface area contributed by atoms with Crippen LogP contribution in [0.4, 0.5) is 0 Å². The van der Waals surface area contributed by atoms with Gasteiger partial charge < -0.3 is 14.4 Å². The number of rotatable bonds is 5. The van der Waals surface area contributed by atoms with Crippen LogP contribution in [-0.4, -0.2) is 27.4 Å². The van der Waals surface area contributed by atoms with E-state index in [0.717, 1.165) is 21.9 Å². The van der Waals surface area contributed by atoms with Crippen LogP contribution in [0.5, 0.6) is 5.75 Å². The monoisotopic (exact) mass is 368 g/mol. The molecule has 0 unspecified atom stereocenters. The number of nitrogens with zero attached hydrogens (tertiary/aromatic N) is 2. The van der Waals surface area contributed by atoms with Gasteiger partial charge in [0, 0.05) is 33.4 Å². The summed E-state index contributed by atoms with van der Waals surface area (Å²) in [5, 5.41) is 14.1. The zero-order valence-electron chi connectivity index (χ0n) is 15.3. The summed E-state index contributed by atoms with van der Waals surface area (Å²) in [6.45, 7) is 0.669. The van der Waals surface area contributed by atoms with Crippen LogP contribution in [-0.2, 0) is 6.54 Å². The maximum absolute atomic E-state index is 10.7. The van der Waals surface area contributed by atoms with E-state index >= 15 is 0 Å². The minimum absolute atomic E-state index is 0.205. The Kier molecular flexibility index (Phi) is 4.18. The number of aliphatic hydroxyl groups excluding tert-OH is 1. The van der Waals surface area contributed by atoms with Gasteiger partial charge in [0.15, 0.2) is 0 Å². The summed E-state index contributed by atoms with van der Waals surface area (Å²) in [6.07, 6.45) is 1.11. The highest BCUT2D eigenvalue weighted by Crippen LogP contribution is 2.29. The van der Waals surface area contributed by atoms with Crippen LogP contribution in [0.15, 0.2) is 85.1 Å². The smallest absolute Gasteiger partial charge is 0.145 e. The maximum Gasteiger partial charge on any atom is 0.145 e. The number of benzene rings is 3. The number of ether oxygens (including phenoxy) is 1. The third-order valence-electron chi connectivity index (χ3n) is 5.10. The molecule has 4 nitrogen and oxygen atoms in total. The Morgan fingerprint density at radius 3 is 2.25 bits per heavy atom. The first-order valence-corrected chi connectivity index (χ1v) is 9.42. The van der Waals surface area contributed by atoms with E-state index in [0.29, 0.717) is 12.3 Å². The van der Waals surface area contributed by atoms with E-state index in [9.17, 15) is 5.11 Å². The molecular formula is C24H20N2O2. The molecule has 0 fully saturated rings. The lowest BCUT2D eigenvalue weighted by Gasteiger charge is -2.15. The number of aliphatic hydroxyl groups is 1. The van der Waals surface area contributed by atoms with E-state index in [2.05, 4.69) is 33.8 Å². The Bertz CT molecular complexity index is 1220. The number of hydrogen-bond acceptors (Lipinski definition) is 3. The Balaban J connectivity index is 1.42. The van der Waals surface area contributed by atoms with E-state index in [4.69, 9.17) is 4.74 Å². The molecule has 1 N–H and O–H groups in total. The molecule has 2 aromatic heterocycles. The maximum atomic E-state index is 10.7. The topological polar surface area (TPSA) is 47.3 Å². The Morgan fingerprint density at radius 2 is 1.50 bits per heavy atom. The van der Waals surface area contributed by atoms with Crippen LogP contribution in [0.2, 0.25) is 0 Å². The highest BCUT2D eigenvalue weighted by Gasteiger charge is 2.14. The van der Waals surface area contributed by atoms with Gasteiger partial charge in [-0.2, -0.15) is 0 Å². The van der Waals surface area contributed by atoms with Crippen LogP contribution < -0.4 is 4.74 Å². The number of hydrogen-bond donors (Lipinski definition) is 1. The van der Waals surface area contributed by atoms with Crippen molar-refractivity contribution in [2.75, 3.05) is 6.61 Å². The van der Waals surface area contributed by atoms with Gasteiger partial charge in [-0.3, -0.25) is 4.98 Å². The van der Waals surface area contributed by atoms with Gasteiger partial charge in [0.05, 0.1) is 6.54 Å². The highest BCUT2D eigenvalue weighted by atomic mass is 16.5. The molecule has 2 heterocycles. The summed E-state index contributed by atoms with van der Waals surface area (Å²) in [4.78, 5) is 4.40. The van der Waals surface area contributed by atoms with Gasteiger partial charge in [0.1, 0.15) is 24.0 Å². The van der Waals surface area contributed by atoms with E-state index in [1.54, 1.807) is 6.20 Å². The molecule has 4 heteroatoms. The van der Waals surface area contributed by atoms with Gasteiger partial charge in [-0.15, -0.1) is 0 Å². The lowest BCUT2D eigenvalue weighted by molar-refractivity contribution is 0.0951. The summed E-state index contributed by atoms with van der Waals surface area (Å²) < 4.78 is 8.09. The summed E-state index contributed by atoms with van der Waals surface area (Å²) >= 11 is 0. The van der Waals surface area contributed by atoms with Crippen molar-refractivity contribution >= 4 is 32.7 Å². The van der Waals surface area contributed by atoms with Crippen LogP contribution in [0.25, 0.3) is 32.7 Å². The predicted octanol–water partition coefficient (Wildman–Crippen LogP) is 4.78. The van der Waals surface area contributed by atoms with Crippen molar-refractivity contribution < 1.29 is 9.84 Å². The molecule has 0 aliphatic carbocycles. The van der Waals surface area contributed by atoms with Gasteiger partial charge in [-0.1, -0.05) is 54.6 Å². The van der Waals surface area contributed by atoms with Crippen LogP contribution in [0.3, 0.4) is 0 Å². The van der Waals surface area contributed by atoms with Crippen molar-refractivity contribution in [2.24, 2.45) is 0 Å². The summed E-state index contributed by atoms with van der Waals surface area (Å²) in [5.41, 5.74) is 3.05. The van der Waals surface area contributed by atoms with Crippen molar-refractivity contribution in [3.05, 3.63) is 85.1 Å². The Hall–Kier alpha value is -3.37. The molecule has 28 heavy (non-hydrogen) atoms. The molecule has 138 valence electrons. The number of fused-ring (bicyclic) bond motifs is 4. The van der Waals surface area contributed by atoms with E-state index in [1.165, 1.54) is 10.8 Å². The van der Waals surface area contributed by atoms with Crippen molar-refractivity contribution in [3.8, 4) is 5.75 Å². The minimum atomic E-state index is -0.641. The third kappa shape index (κ3) is 2.88. The van der Waals surface area contributed by atoms with E-state index in [-0.39, 0.29) is 6.61 Å². The average molecular weight is 368 g/mol. The summed E-state index contributed by atoms with van der Waals surface area (Å²) in [6, 6.07) is 26.3. The molecule has 0 amide bonds. The fourth-order valence-electron chi connectivity index (χ4n) is 3.84. The molecule has 0 saturated carbocycles. The van der Waals surface area contributed by atoms with E-state index < -0.39 is 6.10 Å². The molecule has 0 bridgehead atoms. The van der Waals surface area contributed by atoms with E-state index in [1.807, 2.05) is 54.6 Å². The molecule has 0 aliphatic heterocycles. The molecule has 0 spiro atoms. The lowest BCUT2D eigenvalue weighted by Crippen LogP contribution is -2.23. The second kappa shape index (κ2) is 6.98. The minimum Gasteiger partial charge on any atom is -0.489 e. The lowest BCUT2D eigenvalue weighted by atomic mass is 10.2. The van der Waals surface area contributed by atoms with Crippen molar-refractivity contribution in [2.45, 2.75) is 12.6 Å². The number of aromatic nitrogens is 2. The van der Waals surface area contributed by atoms with Gasteiger partial charge >= 0.3 is 0 Å². The first-order valence-electron chi connectivity index (χ1n) is 9.42. The fourth-order valence-corrected chi connectivity index (χ4v) is 3.84. The van der Waals surface area contributed by atoms with Gasteiger partial charge in [0.25, 0.3) is 0 Å². The van der Waals surface area contributed by atoms with Crippen molar-refractivity contribution in [1.29, 1.82) is 0 Å². The van der Waals surface area contributed by atoms with Crippen LogP contribution in [0, 0.1) is 0 Å². The largest absolute Gasteiger partial charge is 0.489 e. The fraction of sp³-hybridized carbons (Fsp3) is 0.125. The van der Waals surface area contributed by atoms with Crippen LogP contribution in [0.1, 0.15) is 0 Å². The normalized spacial score (nSPS) is 12.6. The Labute approximate surface area is 162 Å². The van der Waals surface area contributed by atoms with Crippen molar-refractivity contribution in [3.63, 3.8) is 0 Å². The van der Waals surface area contributed by atoms with Gasteiger partial charge in [-0.05, 0) is 24.3 Å². The second-order valence-electron chi connectivity index (χ2n) is 6.94. The highest BCUT2D eigenvalue weighted by molar-refractivity contribution is 6.07. The van der Waals surface area contributed by atoms with Gasteiger partial charge in [-0.25, -0.2) is 0 Å². The number of para-hydroxylation sites is 3. The average Bonchev–Trinajstić information content (AvgIpc) is 3.06. The van der Waals surface area contributed by atoms with Crippen molar-refractivity contribution in [1.82, 2.24) is 9.55 Å². The zero-order valence-corrected chi connectivity index (χ0v) is 15.3. The molecule has 0 radical (unpaired) electrons.